The highest BCUT2D eigenvalue weighted by Gasteiger charge is 3.15. The van der Waals surface area contributed by atoms with Gasteiger partial charge in [-0.05, 0) is 0 Å². The van der Waals surface area contributed by atoms with Crippen LogP contribution in [0.1, 0.15) is 166 Å². The summed E-state index contributed by atoms with van der Waals surface area (Å²) in [5.41, 5.74) is 0. The molecule has 0 amide bonds. The van der Waals surface area contributed by atoms with Crippen molar-refractivity contribution in [3.05, 3.63) is 0 Å². The van der Waals surface area contributed by atoms with Gasteiger partial charge in [0.15, 0.2) is 0 Å². The first-order valence-corrected chi connectivity index (χ1v) is 42.8. The minimum Gasteiger partial charge on any atom is -0.259 e. The maximum absolute atomic E-state index is 2.94. The average Bonchev–Trinajstić information content (AvgIpc) is 3.02. The van der Waals surface area contributed by atoms with Crippen molar-refractivity contribution in [1.82, 2.24) is 0 Å². The molecule has 5 saturated heterocycles. The smallest absolute Gasteiger partial charge is 0.0567 e. The second-order valence-electron chi connectivity index (χ2n) is 23.2. The fourth-order valence-corrected chi connectivity index (χ4v) is 849. The van der Waals surface area contributed by atoms with E-state index in [1.165, 1.54) is 0 Å². The molecule has 0 saturated carbocycles. The Balaban J connectivity index is 2.60. The van der Waals surface area contributed by atoms with Gasteiger partial charge in [-0.25, -0.2) is 0 Å². The zero-order chi connectivity index (χ0) is 32.2. The summed E-state index contributed by atoms with van der Waals surface area (Å²) < 4.78 is 0. The first-order valence-electron chi connectivity index (χ1n) is 16.8. The molecule has 5 heterocycles. The Hall–Kier alpha value is 1.74. The fraction of sp³-hybridized carbons (Fsp3) is 1.00. The van der Waals surface area contributed by atoms with Crippen LogP contribution < -0.4 is 0 Å². The lowest BCUT2D eigenvalue weighted by molar-refractivity contribution is 0.670. The molecule has 0 N–H and O–H groups in total. The summed E-state index contributed by atoms with van der Waals surface area (Å²) in [4.78, 5) is 0. The van der Waals surface area contributed by atoms with E-state index in [1.807, 2.05) is 0 Å². The maximum atomic E-state index is 2.94. The summed E-state index contributed by atoms with van der Waals surface area (Å²) in [6.45, 7) is 60.2. The summed E-state index contributed by atoms with van der Waals surface area (Å²) in [6, 6.07) is 0. The van der Waals surface area contributed by atoms with E-state index >= 15 is 0 Å². The molecule has 0 radical (unpaired) electrons. The minimum absolute atomic E-state index is 0.433. The molecule has 5 rings (SSSR count). The Labute approximate surface area is 260 Å². The van der Waals surface area contributed by atoms with Crippen molar-refractivity contribution in [2.24, 2.45) is 0 Å². The van der Waals surface area contributed by atoms with E-state index in [0.29, 0.717) is 40.3 Å². The molecule has 8 heteroatoms. The summed E-state index contributed by atoms with van der Waals surface area (Å²) in [6.07, 6.45) is 0. The predicted octanol–water partition coefficient (Wildman–Crippen LogP) is 11.0. The van der Waals surface area contributed by atoms with Gasteiger partial charge < -0.3 is 0 Å². The number of rotatable bonds is 0. The quantitative estimate of drug-likeness (QED) is 0.223. The molecular weight excluding hydrogens is 609 g/mol. The largest absolute Gasteiger partial charge is 0.259 e. The highest BCUT2D eigenvalue weighted by molar-refractivity contribution is 8.75. The third kappa shape index (κ3) is 2.49. The molecule has 0 aromatic carbocycles. The molecule has 0 aliphatic carbocycles. The van der Waals surface area contributed by atoms with Gasteiger partial charge in [0, 0.05) is 0 Å². The zero-order valence-corrected chi connectivity index (χ0v) is 40.0. The first-order chi connectivity index (χ1) is 17.0. The molecule has 5 fully saturated rings. The normalized spacial score (nSPS) is 42.9. The van der Waals surface area contributed by atoms with Gasteiger partial charge in [-0.2, -0.15) is 10.1 Å². The van der Waals surface area contributed by atoms with Crippen LogP contribution in [0.2, 0.25) is 40.3 Å². The van der Waals surface area contributed by atoms with E-state index < -0.39 is 55.4 Å². The van der Waals surface area contributed by atoms with Crippen molar-refractivity contribution in [2.75, 3.05) is 0 Å². The van der Waals surface area contributed by atoms with Gasteiger partial charge in [-0.3, -0.25) is 15.7 Å². The minimum atomic E-state index is -1.65. The van der Waals surface area contributed by atoms with E-state index in [9.17, 15) is 0 Å². The number of hydrogen-bond acceptors (Lipinski definition) is 0. The molecule has 6 bridgehead atoms. The Kier molecular flexibility index (Phi) is 6.61. The van der Waals surface area contributed by atoms with E-state index in [1.54, 1.807) is 0 Å². The van der Waals surface area contributed by atoms with Crippen LogP contribution in [0.4, 0.5) is 0 Å². The highest BCUT2D eigenvalue weighted by Crippen LogP contribution is 3.03. The van der Waals surface area contributed by atoms with E-state index in [-0.39, 0.29) is 0 Å². The molecule has 0 aromatic rings. The van der Waals surface area contributed by atoms with Crippen LogP contribution in [0.3, 0.4) is 0 Å². The van der Waals surface area contributed by atoms with Gasteiger partial charge in [-0.1, -0.05) is 210 Å². The summed E-state index contributed by atoms with van der Waals surface area (Å²) in [5, 5.41) is 4.73. The fourth-order valence-electron chi connectivity index (χ4n) is 16.3. The van der Waals surface area contributed by atoms with Gasteiger partial charge >= 0.3 is 0 Å². The predicted molar refractivity (Wildman–Crippen MR) is 204 cm³/mol. The lowest BCUT2D eigenvalue weighted by atomic mass is 10.2. The number of hydrogen-bond donors (Lipinski definition) is 0. The van der Waals surface area contributed by atoms with Crippen LogP contribution in [-0.2, 0) is 0 Å². The molecule has 234 valence electrons. The molecule has 2 unspecified atom stereocenters. The van der Waals surface area contributed by atoms with Crippen LogP contribution in [0, 0.1) is 0 Å². The van der Waals surface area contributed by atoms with Crippen LogP contribution >= 0.6 is 0 Å². The SMILES string of the molecule is CC(C)(C)[Si-]1[Si]2(C(C)(C)C)[Si]3(C(C)(C)C)[Si-](C(C)(C)C)[Si]4(C(C)(C)C)[Si]2(C(C)(C)C)[Si]1(C(C)(C)C)[Si]34C(C)(C)C. The van der Waals surface area contributed by atoms with Gasteiger partial charge in [-0.15, -0.1) is 26.5 Å². The molecule has 40 heavy (non-hydrogen) atoms. The van der Waals surface area contributed by atoms with Crippen LogP contribution in [0.25, 0.3) is 0 Å². The monoisotopic (exact) mass is 680 g/mol. The summed E-state index contributed by atoms with van der Waals surface area (Å²) in [7, 11) is -0.866. The standard InChI is InChI=1S/C32H72Si8/c1-25(2,3)33-35(27(7,8)9)36(28(10,11)12)34(26(4,5)6)38(30(16,17)18)39(35,31(19,20)21)37(33,29(13,14)15)40(36,38)32(22,23)24/h1-24H3/q-2. The van der Waals surface area contributed by atoms with Crippen molar-refractivity contribution < 1.29 is 0 Å². The van der Waals surface area contributed by atoms with Crippen molar-refractivity contribution in [2.45, 2.75) is 206 Å². The molecule has 5 aliphatic heterocycles. The second kappa shape index (κ2) is 7.64. The van der Waals surface area contributed by atoms with E-state index in [4.69, 9.17) is 0 Å². The van der Waals surface area contributed by atoms with Gasteiger partial charge in [0.05, 0.1) is 0 Å². The van der Waals surface area contributed by atoms with Crippen LogP contribution in [0.15, 0.2) is 0 Å². The molecule has 0 nitrogen and oxygen atoms in total. The Bertz CT molecular complexity index is 978. The lowest BCUT2D eigenvalue weighted by Gasteiger charge is -3.11. The molecule has 5 aliphatic rings. The Morgan fingerprint density at radius 1 is 0.250 bits per heavy atom. The topological polar surface area (TPSA) is 0 Å². The summed E-state index contributed by atoms with van der Waals surface area (Å²) >= 11 is 0. The molecule has 0 aromatic heterocycles. The average molecular weight is 682 g/mol. The van der Waals surface area contributed by atoms with Crippen molar-refractivity contribution >= 4 is 55.4 Å². The van der Waals surface area contributed by atoms with Gasteiger partial charge in [0.2, 0.25) is 0 Å². The second-order valence-corrected chi connectivity index (χ2v) is 122. The third-order valence-electron chi connectivity index (χ3n) is 13.7. The van der Waals surface area contributed by atoms with Crippen LogP contribution in [0.5, 0.6) is 0 Å². The summed E-state index contributed by atoms with van der Waals surface area (Å²) in [5.74, 6) is 0. The Morgan fingerprint density at radius 2 is 0.425 bits per heavy atom. The van der Waals surface area contributed by atoms with Crippen molar-refractivity contribution in [3.63, 3.8) is 0 Å². The zero-order valence-electron chi connectivity index (χ0n) is 32.0. The lowest BCUT2D eigenvalue weighted by Crippen LogP contribution is -3.27. The molecular formula is C32H72Si8-2. The van der Waals surface area contributed by atoms with Crippen LogP contribution in [-0.4, -0.2) is 55.4 Å². The van der Waals surface area contributed by atoms with Crippen molar-refractivity contribution in [1.29, 1.82) is 0 Å². The van der Waals surface area contributed by atoms with E-state index in [0.717, 1.165) is 0 Å². The molecule has 0 spiro atoms. The highest BCUT2D eigenvalue weighted by atomic mass is 31.0. The van der Waals surface area contributed by atoms with Gasteiger partial charge in [0.1, 0.15) is 0 Å². The van der Waals surface area contributed by atoms with Gasteiger partial charge in [0.25, 0.3) is 0 Å². The maximum Gasteiger partial charge on any atom is -0.0567 e. The van der Waals surface area contributed by atoms with Crippen molar-refractivity contribution in [3.8, 4) is 0 Å². The Morgan fingerprint density at radius 3 is 0.525 bits per heavy atom. The first kappa shape index (κ1) is 34.6. The van der Waals surface area contributed by atoms with E-state index in [2.05, 4.69) is 166 Å². The molecule has 2 atom stereocenters. The third-order valence-corrected chi connectivity index (χ3v) is 330.